The van der Waals surface area contributed by atoms with Crippen molar-refractivity contribution < 1.29 is 9.72 Å². The second-order valence-corrected chi connectivity index (χ2v) is 8.13. The fourth-order valence-corrected chi connectivity index (χ4v) is 4.75. The predicted octanol–water partition coefficient (Wildman–Crippen LogP) is 3.98. The number of carbonyl (C=O) groups excluding carboxylic acids is 1. The molecule has 1 amide bonds. The third-order valence-corrected chi connectivity index (χ3v) is 6.33. The molecule has 3 heterocycles. The highest BCUT2D eigenvalue weighted by atomic mass is 16.6. The normalized spacial score (nSPS) is 20.6. The summed E-state index contributed by atoms with van der Waals surface area (Å²) < 4.78 is 1.92. The minimum absolute atomic E-state index is 0.0439. The van der Waals surface area contributed by atoms with Crippen molar-refractivity contribution in [2.75, 3.05) is 6.54 Å². The summed E-state index contributed by atoms with van der Waals surface area (Å²) in [5.74, 6) is 0.468. The molecule has 2 aliphatic rings. The van der Waals surface area contributed by atoms with Crippen molar-refractivity contribution in [3.8, 4) is 0 Å². The lowest BCUT2D eigenvalue weighted by Crippen LogP contribution is -2.43. The molecule has 28 heavy (non-hydrogen) atoms. The van der Waals surface area contributed by atoms with Crippen LogP contribution in [0.4, 0.5) is 5.69 Å². The number of nitro groups is 1. The second-order valence-electron chi connectivity index (χ2n) is 8.13. The molecule has 1 aliphatic heterocycles. The average molecular weight is 382 g/mol. The van der Waals surface area contributed by atoms with Crippen molar-refractivity contribution in [1.29, 1.82) is 0 Å². The predicted molar refractivity (Wildman–Crippen MR) is 108 cm³/mol. The van der Waals surface area contributed by atoms with Crippen molar-refractivity contribution in [2.24, 2.45) is 13.0 Å². The van der Waals surface area contributed by atoms with Crippen LogP contribution in [0.25, 0.3) is 16.6 Å². The molecule has 0 bridgehead atoms. The standard InChI is InChI=1S/C21H26N4O3/c1-13-10-16(8-9-24(13)21(26)15-6-4-5-7-15)17-12-23(3)20-19(17)14(2)18(11-22-20)25(27)28/h8,11-13,15H,4-7,9-10H2,1-3H3/t13-/m0/s1. The van der Waals surface area contributed by atoms with Crippen LogP contribution in [-0.2, 0) is 11.8 Å². The SMILES string of the molecule is Cc1c([N+](=O)[O-])cnc2c1c(C1=CCN(C(=O)C3CCCC3)[C@@H](C)C1)cn2C. The summed E-state index contributed by atoms with van der Waals surface area (Å²) in [4.78, 5) is 30.2. The Hall–Kier alpha value is -2.70. The number of carbonyl (C=O) groups is 1. The largest absolute Gasteiger partial charge is 0.336 e. The molecule has 4 rings (SSSR count). The quantitative estimate of drug-likeness (QED) is 0.594. The van der Waals surface area contributed by atoms with Gasteiger partial charge in [-0.1, -0.05) is 18.9 Å². The molecule has 0 aromatic carbocycles. The van der Waals surface area contributed by atoms with E-state index in [9.17, 15) is 14.9 Å². The zero-order valence-electron chi connectivity index (χ0n) is 16.6. The smallest absolute Gasteiger partial charge is 0.291 e. The topological polar surface area (TPSA) is 81.3 Å². The fourth-order valence-electron chi connectivity index (χ4n) is 4.75. The summed E-state index contributed by atoms with van der Waals surface area (Å²) in [6.45, 7) is 4.48. The maximum absolute atomic E-state index is 12.9. The minimum atomic E-state index is -0.377. The van der Waals surface area contributed by atoms with Crippen LogP contribution in [0, 0.1) is 23.0 Å². The first-order chi connectivity index (χ1) is 13.4. The first-order valence-corrected chi connectivity index (χ1v) is 9.97. The Morgan fingerprint density at radius 3 is 2.68 bits per heavy atom. The van der Waals surface area contributed by atoms with Crippen LogP contribution in [-0.4, -0.2) is 37.9 Å². The van der Waals surface area contributed by atoms with E-state index in [1.807, 2.05) is 22.7 Å². The Balaban J connectivity index is 1.70. The number of pyridine rings is 1. The van der Waals surface area contributed by atoms with Crippen molar-refractivity contribution in [3.63, 3.8) is 0 Å². The maximum Gasteiger partial charge on any atom is 0.291 e. The number of nitrogens with zero attached hydrogens (tertiary/aromatic N) is 4. The first-order valence-electron chi connectivity index (χ1n) is 9.97. The van der Waals surface area contributed by atoms with Crippen molar-refractivity contribution in [2.45, 2.75) is 52.0 Å². The Bertz CT molecular complexity index is 985. The Morgan fingerprint density at radius 2 is 2.04 bits per heavy atom. The van der Waals surface area contributed by atoms with Crippen molar-refractivity contribution >= 4 is 28.2 Å². The molecule has 7 nitrogen and oxygen atoms in total. The Kier molecular flexibility index (Phi) is 4.69. The fraction of sp³-hybridized carbons (Fsp3) is 0.524. The number of aryl methyl sites for hydroxylation is 2. The lowest BCUT2D eigenvalue weighted by atomic mass is 9.92. The maximum atomic E-state index is 12.9. The van der Waals surface area contributed by atoms with Crippen molar-refractivity contribution in [1.82, 2.24) is 14.5 Å². The Labute approximate surface area is 164 Å². The Morgan fingerprint density at radius 1 is 1.32 bits per heavy atom. The molecule has 0 unspecified atom stereocenters. The molecular weight excluding hydrogens is 356 g/mol. The van der Waals surface area contributed by atoms with E-state index in [4.69, 9.17) is 0 Å². The van der Waals surface area contributed by atoms with Gasteiger partial charge < -0.3 is 9.47 Å². The number of rotatable bonds is 3. The molecule has 0 saturated heterocycles. The van der Waals surface area contributed by atoms with Gasteiger partial charge in [0.15, 0.2) is 0 Å². The molecule has 1 saturated carbocycles. The van der Waals surface area contributed by atoms with Gasteiger partial charge in [-0.25, -0.2) is 4.98 Å². The number of hydrogen-bond donors (Lipinski definition) is 0. The number of aromatic nitrogens is 2. The van der Waals surface area contributed by atoms with Crippen LogP contribution in [0.15, 0.2) is 18.5 Å². The van der Waals surface area contributed by atoms with E-state index >= 15 is 0 Å². The van der Waals surface area contributed by atoms with Gasteiger partial charge in [-0.3, -0.25) is 14.9 Å². The van der Waals surface area contributed by atoms with Gasteiger partial charge in [0, 0.05) is 48.3 Å². The summed E-state index contributed by atoms with van der Waals surface area (Å²) in [6, 6.07) is 0.121. The van der Waals surface area contributed by atoms with Gasteiger partial charge in [0.2, 0.25) is 5.91 Å². The zero-order chi connectivity index (χ0) is 20.0. The van der Waals surface area contributed by atoms with Crippen LogP contribution in [0.1, 0.15) is 50.2 Å². The lowest BCUT2D eigenvalue weighted by Gasteiger charge is -2.35. The molecule has 0 spiro atoms. The van der Waals surface area contributed by atoms with Crippen LogP contribution in [0.5, 0.6) is 0 Å². The van der Waals surface area contributed by atoms with E-state index < -0.39 is 0 Å². The van der Waals surface area contributed by atoms with E-state index in [1.54, 1.807) is 6.92 Å². The molecule has 7 heteroatoms. The minimum Gasteiger partial charge on any atom is -0.336 e. The third-order valence-electron chi connectivity index (χ3n) is 6.33. The molecular formula is C21H26N4O3. The van der Waals surface area contributed by atoms with Crippen LogP contribution in [0.2, 0.25) is 0 Å². The average Bonchev–Trinajstić information content (AvgIpc) is 3.30. The first kappa shape index (κ1) is 18.7. The highest BCUT2D eigenvalue weighted by molar-refractivity contribution is 5.95. The third kappa shape index (κ3) is 2.99. The molecule has 2 aromatic rings. The van der Waals surface area contributed by atoms with E-state index in [0.29, 0.717) is 12.1 Å². The van der Waals surface area contributed by atoms with Gasteiger partial charge in [0.05, 0.1) is 4.92 Å². The molecule has 1 aliphatic carbocycles. The van der Waals surface area contributed by atoms with Crippen LogP contribution >= 0.6 is 0 Å². The highest BCUT2D eigenvalue weighted by Gasteiger charge is 2.32. The van der Waals surface area contributed by atoms with E-state index in [2.05, 4.69) is 18.0 Å². The summed E-state index contributed by atoms with van der Waals surface area (Å²) in [5, 5.41) is 12.2. The second kappa shape index (κ2) is 7.04. The van der Waals surface area contributed by atoms with E-state index in [1.165, 1.54) is 6.20 Å². The number of amides is 1. The molecule has 0 N–H and O–H groups in total. The highest BCUT2D eigenvalue weighted by Crippen LogP contribution is 2.37. The summed E-state index contributed by atoms with van der Waals surface area (Å²) >= 11 is 0. The molecule has 148 valence electrons. The van der Waals surface area contributed by atoms with Gasteiger partial charge in [-0.15, -0.1) is 0 Å². The van der Waals surface area contributed by atoms with Gasteiger partial charge in [0.1, 0.15) is 11.8 Å². The number of hydrogen-bond acceptors (Lipinski definition) is 4. The van der Waals surface area contributed by atoms with Crippen molar-refractivity contribution in [3.05, 3.63) is 39.7 Å². The lowest BCUT2D eigenvalue weighted by molar-refractivity contribution is -0.385. The number of fused-ring (bicyclic) bond motifs is 1. The molecule has 1 atom stereocenters. The zero-order valence-corrected chi connectivity index (χ0v) is 16.6. The van der Waals surface area contributed by atoms with E-state index in [-0.39, 0.29) is 28.5 Å². The van der Waals surface area contributed by atoms with Gasteiger partial charge in [-0.05, 0) is 38.7 Å². The van der Waals surface area contributed by atoms with Crippen LogP contribution in [0.3, 0.4) is 0 Å². The summed E-state index contributed by atoms with van der Waals surface area (Å²) in [5.41, 5.74) is 3.56. The van der Waals surface area contributed by atoms with E-state index in [0.717, 1.165) is 54.3 Å². The molecule has 0 radical (unpaired) electrons. The van der Waals surface area contributed by atoms with Crippen LogP contribution < -0.4 is 0 Å². The monoisotopic (exact) mass is 382 g/mol. The summed E-state index contributed by atoms with van der Waals surface area (Å²) in [7, 11) is 1.91. The van der Waals surface area contributed by atoms with Gasteiger partial charge in [0.25, 0.3) is 5.69 Å². The summed E-state index contributed by atoms with van der Waals surface area (Å²) in [6.07, 6.45) is 10.5. The molecule has 1 fully saturated rings. The van der Waals surface area contributed by atoms with Gasteiger partial charge in [-0.2, -0.15) is 0 Å². The van der Waals surface area contributed by atoms with Gasteiger partial charge >= 0.3 is 0 Å². The molecule has 2 aromatic heterocycles.